The summed E-state index contributed by atoms with van der Waals surface area (Å²) in [5.41, 5.74) is 4.71. The maximum absolute atomic E-state index is 9.39. The predicted octanol–water partition coefficient (Wildman–Crippen LogP) is 3.16. The highest BCUT2D eigenvalue weighted by molar-refractivity contribution is 5.80. The van der Waals surface area contributed by atoms with E-state index in [0.717, 1.165) is 22.4 Å². The van der Waals surface area contributed by atoms with Crippen molar-refractivity contribution < 1.29 is 9.52 Å². The number of benzene rings is 1. The molecule has 0 unspecified atom stereocenters. The lowest BCUT2D eigenvalue weighted by molar-refractivity contribution is 0.324. The average molecular weight is 240 g/mol. The molecule has 0 fully saturated rings. The molecule has 0 amide bonds. The molecule has 0 saturated heterocycles. The number of hydrogen-bond acceptors (Lipinski definition) is 4. The van der Waals surface area contributed by atoms with Gasteiger partial charge in [0.2, 0.25) is 0 Å². The first-order valence-corrected chi connectivity index (χ1v) is 5.68. The predicted molar refractivity (Wildman–Crippen MR) is 67.5 cm³/mol. The molecule has 4 nitrogen and oxygen atoms in total. The van der Waals surface area contributed by atoms with Gasteiger partial charge in [0.1, 0.15) is 5.69 Å². The average Bonchev–Trinajstić information content (AvgIpc) is 2.74. The van der Waals surface area contributed by atoms with Gasteiger partial charge in [-0.05, 0) is 19.4 Å². The summed E-state index contributed by atoms with van der Waals surface area (Å²) in [6.07, 6.45) is 0. The molecule has 0 bridgehead atoms. The van der Waals surface area contributed by atoms with Gasteiger partial charge in [0.15, 0.2) is 0 Å². The first kappa shape index (κ1) is 10.8. The summed E-state index contributed by atoms with van der Waals surface area (Å²) in [7, 11) is 0. The number of hydrogen-bond donors (Lipinski definition) is 1. The van der Waals surface area contributed by atoms with E-state index in [9.17, 15) is 5.11 Å². The number of fused-ring (bicyclic) bond motifs is 1. The molecule has 1 aromatic carbocycles. The van der Waals surface area contributed by atoms with Gasteiger partial charge in [0.25, 0.3) is 11.8 Å². The maximum Gasteiger partial charge on any atom is 0.283 e. The molecule has 18 heavy (non-hydrogen) atoms. The van der Waals surface area contributed by atoms with Gasteiger partial charge >= 0.3 is 0 Å². The summed E-state index contributed by atoms with van der Waals surface area (Å²) >= 11 is 0. The third-order valence-corrected chi connectivity index (χ3v) is 2.95. The number of aromatic hydroxyl groups is 1. The van der Waals surface area contributed by atoms with E-state index < -0.39 is 0 Å². The van der Waals surface area contributed by atoms with Gasteiger partial charge in [0.05, 0.1) is 5.56 Å². The van der Waals surface area contributed by atoms with Crippen LogP contribution in [0, 0.1) is 13.8 Å². The monoisotopic (exact) mass is 240 g/mol. The molecule has 0 spiro atoms. The molecule has 2 aliphatic rings. The summed E-state index contributed by atoms with van der Waals surface area (Å²) in [5.74, 6) is 0.221. The van der Waals surface area contributed by atoms with Gasteiger partial charge in [-0.3, -0.25) is 0 Å². The number of nitrogens with zero attached hydrogens (tertiary/aromatic N) is 2. The van der Waals surface area contributed by atoms with Crippen molar-refractivity contribution in [2.45, 2.75) is 13.8 Å². The zero-order valence-corrected chi connectivity index (χ0v) is 10.1. The Balaban J connectivity index is 2.22. The molecular weight excluding hydrogens is 228 g/mol. The minimum Gasteiger partial charge on any atom is -0.481 e. The molecule has 0 atom stereocenters. The quantitative estimate of drug-likeness (QED) is 0.709. The number of aromatic nitrogens is 2. The highest BCUT2D eigenvalue weighted by atomic mass is 16.5. The second-order valence-corrected chi connectivity index (χ2v) is 4.36. The van der Waals surface area contributed by atoms with Crippen molar-refractivity contribution in [3.8, 4) is 28.7 Å². The minimum atomic E-state index is -0.143. The number of rotatable bonds is 1. The highest BCUT2D eigenvalue weighted by Crippen LogP contribution is 2.36. The standard InChI is InChI=1S/C14H12N2O2/c1-8-3-5-10(6-4-8)13-12-9(2)7-11(17)18-14(12)16-15-13/h3-7,17H,1-2H3. The van der Waals surface area contributed by atoms with Gasteiger partial charge in [-0.2, -0.15) is 0 Å². The van der Waals surface area contributed by atoms with Crippen molar-refractivity contribution in [1.29, 1.82) is 0 Å². The van der Waals surface area contributed by atoms with Crippen LogP contribution in [0.4, 0.5) is 0 Å². The van der Waals surface area contributed by atoms with Crippen LogP contribution in [0.3, 0.4) is 0 Å². The third-order valence-electron chi connectivity index (χ3n) is 2.95. The third kappa shape index (κ3) is 1.62. The van der Waals surface area contributed by atoms with E-state index in [0.29, 0.717) is 5.89 Å². The lowest BCUT2D eigenvalue weighted by atomic mass is 10.0. The van der Waals surface area contributed by atoms with E-state index in [4.69, 9.17) is 4.42 Å². The van der Waals surface area contributed by atoms with E-state index in [1.54, 1.807) is 6.07 Å². The van der Waals surface area contributed by atoms with Crippen molar-refractivity contribution in [2.75, 3.05) is 0 Å². The Morgan fingerprint density at radius 1 is 1.06 bits per heavy atom. The van der Waals surface area contributed by atoms with Gasteiger partial charge < -0.3 is 9.52 Å². The molecule has 0 aromatic heterocycles. The van der Waals surface area contributed by atoms with Crippen LogP contribution in [0.15, 0.2) is 34.7 Å². The van der Waals surface area contributed by atoms with Crippen molar-refractivity contribution in [1.82, 2.24) is 10.2 Å². The Kier molecular flexibility index (Phi) is 2.30. The molecule has 90 valence electrons. The Labute approximate surface area is 104 Å². The Bertz CT molecular complexity index is 671. The lowest BCUT2D eigenvalue weighted by Gasteiger charge is -2.05. The molecule has 4 heteroatoms. The second-order valence-electron chi connectivity index (χ2n) is 4.36. The van der Waals surface area contributed by atoms with Crippen LogP contribution >= 0.6 is 0 Å². The maximum atomic E-state index is 9.39. The molecule has 0 aliphatic carbocycles. The van der Waals surface area contributed by atoms with E-state index in [-0.39, 0.29) is 5.95 Å². The van der Waals surface area contributed by atoms with Crippen molar-refractivity contribution in [2.24, 2.45) is 0 Å². The molecule has 2 aliphatic heterocycles. The van der Waals surface area contributed by atoms with E-state index in [1.165, 1.54) is 5.56 Å². The zero-order chi connectivity index (χ0) is 12.7. The minimum absolute atomic E-state index is 0.143. The first-order valence-electron chi connectivity index (χ1n) is 5.68. The second kappa shape index (κ2) is 3.84. The molecule has 0 radical (unpaired) electrons. The topological polar surface area (TPSA) is 59.2 Å². The van der Waals surface area contributed by atoms with Gasteiger partial charge in [-0.15, -0.1) is 10.2 Å². The fraction of sp³-hybridized carbons (Fsp3) is 0.143. The van der Waals surface area contributed by atoms with Crippen molar-refractivity contribution in [3.63, 3.8) is 0 Å². The van der Waals surface area contributed by atoms with Gasteiger partial charge in [-0.1, -0.05) is 29.8 Å². The Morgan fingerprint density at radius 3 is 2.50 bits per heavy atom. The van der Waals surface area contributed by atoms with E-state index in [1.807, 2.05) is 38.1 Å². The summed E-state index contributed by atoms with van der Waals surface area (Å²) in [6.45, 7) is 3.94. The first-order chi connectivity index (χ1) is 8.65. The molecule has 3 rings (SSSR count). The summed E-state index contributed by atoms with van der Waals surface area (Å²) in [6, 6.07) is 9.64. The van der Waals surface area contributed by atoms with Crippen LogP contribution in [0.1, 0.15) is 11.1 Å². The highest BCUT2D eigenvalue weighted by Gasteiger charge is 2.20. The van der Waals surface area contributed by atoms with Crippen LogP contribution in [-0.4, -0.2) is 15.3 Å². The van der Waals surface area contributed by atoms with Gasteiger partial charge in [-0.25, -0.2) is 0 Å². The summed E-state index contributed by atoms with van der Waals surface area (Å²) in [4.78, 5) is 0. The van der Waals surface area contributed by atoms with Crippen LogP contribution < -0.4 is 0 Å². The fourth-order valence-corrected chi connectivity index (χ4v) is 2.02. The van der Waals surface area contributed by atoms with Crippen molar-refractivity contribution in [3.05, 3.63) is 41.5 Å². The zero-order valence-electron chi connectivity index (χ0n) is 10.1. The van der Waals surface area contributed by atoms with E-state index in [2.05, 4.69) is 10.2 Å². The van der Waals surface area contributed by atoms with E-state index >= 15 is 0 Å². The Hall–Kier alpha value is -2.36. The van der Waals surface area contributed by atoms with Crippen molar-refractivity contribution >= 4 is 0 Å². The van der Waals surface area contributed by atoms with Crippen LogP contribution in [0.2, 0.25) is 0 Å². The largest absolute Gasteiger partial charge is 0.481 e. The van der Waals surface area contributed by atoms with Gasteiger partial charge in [0, 0.05) is 11.6 Å². The lowest BCUT2D eigenvalue weighted by Crippen LogP contribution is -1.86. The normalized spacial score (nSPS) is 11.0. The summed E-state index contributed by atoms with van der Waals surface area (Å²) < 4.78 is 5.15. The molecule has 1 N–H and O–H groups in total. The van der Waals surface area contributed by atoms with Crippen LogP contribution in [0.5, 0.6) is 5.95 Å². The molecule has 1 aromatic rings. The Morgan fingerprint density at radius 2 is 1.78 bits per heavy atom. The number of aryl methyl sites for hydroxylation is 2. The molecule has 0 saturated carbocycles. The fourth-order valence-electron chi connectivity index (χ4n) is 2.02. The summed E-state index contributed by atoms with van der Waals surface area (Å²) in [5, 5.41) is 17.5. The molecular formula is C14H12N2O2. The van der Waals surface area contributed by atoms with Crippen LogP contribution in [0.25, 0.3) is 22.7 Å². The smallest absolute Gasteiger partial charge is 0.283 e. The molecule has 2 heterocycles. The SMILES string of the molecule is Cc1ccc(-c2nnc3oc(O)cc(C)c2-3)cc1. The van der Waals surface area contributed by atoms with Crippen LogP contribution in [-0.2, 0) is 0 Å².